The zero-order valence-corrected chi connectivity index (χ0v) is 21.7. The number of hydrogen-bond donors (Lipinski definition) is 3. The van der Waals surface area contributed by atoms with Crippen LogP contribution in [0.4, 0.5) is 0 Å². The Morgan fingerprint density at radius 3 is 2.53 bits per heavy atom. The first-order valence-electron chi connectivity index (χ1n) is 11.7. The second-order valence-electron chi connectivity index (χ2n) is 8.36. The summed E-state index contributed by atoms with van der Waals surface area (Å²) in [4.78, 5) is 33.2. The van der Waals surface area contributed by atoms with Gasteiger partial charge in [-0.2, -0.15) is 4.98 Å². The first-order chi connectivity index (χ1) is 18.5. The van der Waals surface area contributed by atoms with E-state index < -0.39 is 11.9 Å². The van der Waals surface area contributed by atoms with Crippen molar-refractivity contribution in [1.82, 2.24) is 25.9 Å². The summed E-state index contributed by atoms with van der Waals surface area (Å²) in [6.07, 6.45) is 1.52. The van der Waals surface area contributed by atoms with Gasteiger partial charge in [0.05, 0.1) is 25.4 Å². The summed E-state index contributed by atoms with van der Waals surface area (Å²) in [6.45, 7) is 0. The van der Waals surface area contributed by atoms with Crippen molar-refractivity contribution in [2.45, 2.75) is 31.7 Å². The standard InChI is InChI=1S/C26H27N5O6S/c1-35-21-9-5-16(11-22(21)36-2)6-10-24(32)28-20(13-19-14-38-15-27-19)26-29-23(31-37-26)12-17-3-7-18(8-4-17)25(33)30-34/h3-5,7-9,11,14-15,20,34H,6,10,12-13H2,1-2H3,(H,28,32)(H,30,33). The molecule has 12 heteroatoms. The van der Waals surface area contributed by atoms with Gasteiger partial charge >= 0.3 is 0 Å². The molecule has 0 radical (unpaired) electrons. The molecule has 0 aliphatic carbocycles. The van der Waals surface area contributed by atoms with Crippen molar-refractivity contribution >= 4 is 23.2 Å². The van der Waals surface area contributed by atoms with E-state index in [0.29, 0.717) is 42.1 Å². The number of aryl methyl sites for hydroxylation is 1. The van der Waals surface area contributed by atoms with Crippen LogP contribution < -0.4 is 20.3 Å². The van der Waals surface area contributed by atoms with Crippen LogP contribution in [0.3, 0.4) is 0 Å². The minimum Gasteiger partial charge on any atom is -0.493 e. The van der Waals surface area contributed by atoms with Gasteiger partial charge in [0.2, 0.25) is 11.8 Å². The fourth-order valence-electron chi connectivity index (χ4n) is 3.81. The molecular weight excluding hydrogens is 510 g/mol. The van der Waals surface area contributed by atoms with Crippen LogP contribution in [0.25, 0.3) is 0 Å². The second kappa shape index (κ2) is 12.8. The lowest BCUT2D eigenvalue weighted by Gasteiger charge is -2.14. The Morgan fingerprint density at radius 1 is 1.08 bits per heavy atom. The van der Waals surface area contributed by atoms with Gasteiger partial charge < -0.3 is 19.3 Å². The molecule has 4 aromatic rings. The molecular formula is C26H27N5O6S. The fourth-order valence-corrected chi connectivity index (χ4v) is 4.38. The fraction of sp³-hybridized carbons (Fsp3) is 0.269. The van der Waals surface area contributed by atoms with E-state index in [1.165, 1.54) is 11.3 Å². The van der Waals surface area contributed by atoms with Crippen LogP contribution in [-0.4, -0.2) is 46.4 Å². The predicted octanol–water partition coefficient (Wildman–Crippen LogP) is 3.29. The SMILES string of the molecule is COc1ccc(CCC(=O)NC(Cc2cscn2)c2nc(Cc3ccc(C(=O)NO)cc3)no2)cc1OC. The van der Waals surface area contributed by atoms with Crippen LogP contribution in [0.2, 0.25) is 0 Å². The van der Waals surface area contributed by atoms with Gasteiger partial charge in [-0.15, -0.1) is 11.3 Å². The number of benzene rings is 2. The monoisotopic (exact) mass is 537 g/mol. The lowest BCUT2D eigenvalue weighted by atomic mass is 10.1. The molecule has 3 N–H and O–H groups in total. The van der Waals surface area contributed by atoms with Crippen molar-refractivity contribution in [3.05, 3.63) is 87.5 Å². The first kappa shape index (κ1) is 26.8. The highest BCUT2D eigenvalue weighted by atomic mass is 32.1. The zero-order valence-electron chi connectivity index (χ0n) is 20.8. The number of carbonyl (C=O) groups excluding carboxylic acids is 2. The highest BCUT2D eigenvalue weighted by Gasteiger charge is 2.23. The summed E-state index contributed by atoms with van der Waals surface area (Å²) in [5.74, 6) is 1.19. The minimum absolute atomic E-state index is 0.169. The largest absolute Gasteiger partial charge is 0.493 e. The molecule has 2 heterocycles. The number of hydrogen-bond acceptors (Lipinski definition) is 10. The summed E-state index contributed by atoms with van der Waals surface area (Å²) in [6, 6.07) is 11.7. The van der Waals surface area contributed by atoms with Crippen molar-refractivity contribution < 1.29 is 28.8 Å². The molecule has 38 heavy (non-hydrogen) atoms. The summed E-state index contributed by atoms with van der Waals surface area (Å²) in [5.41, 5.74) is 6.24. The van der Waals surface area contributed by atoms with Gasteiger partial charge in [0.25, 0.3) is 5.91 Å². The Balaban J connectivity index is 1.42. The van der Waals surface area contributed by atoms with Crippen LogP contribution in [0.5, 0.6) is 11.5 Å². The number of ether oxygens (including phenoxy) is 2. The minimum atomic E-state index is -0.592. The van der Waals surface area contributed by atoms with Gasteiger partial charge in [-0.25, -0.2) is 10.5 Å². The van der Waals surface area contributed by atoms with E-state index in [2.05, 4.69) is 20.4 Å². The topological polar surface area (TPSA) is 149 Å². The van der Waals surface area contributed by atoms with Crippen molar-refractivity contribution in [3.8, 4) is 11.5 Å². The number of thiazole rings is 1. The molecule has 0 saturated heterocycles. The van der Waals surface area contributed by atoms with E-state index in [0.717, 1.165) is 16.8 Å². The van der Waals surface area contributed by atoms with Crippen LogP contribution in [0.1, 0.15) is 51.4 Å². The number of carbonyl (C=O) groups is 2. The number of amides is 2. The average molecular weight is 538 g/mol. The molecule has 0 bridgehead atoms. The van der Waals surface area contributed by atoms with E-state index in [9.17, 15) is 9.59 Å². The highest BCUT2D eigenvalue weighted by molar-refractivity contribution is 7.07. The lowest BCUT2D eigenvalue weighted by Crippen LogP contribution is -2.30. The maximum atomic E-state index is 12.9. The van der Waals surface area contributed by atoms with Crippen LogP contribution in [0, 0.1) is 0 Å². The first-order valence-corrected chi connectivity index (χ1v) is 12.7. The maximum Gasteiger partial charge on any atom is 0.274 e. The Kier molecular flexibility index (Phi) is 9.01. The molecule has 0 fully saturated rings. The van der Waals surface area contributed by atoms with Crippen molar-refractivity contribution in [2.75, 3.05) is 14.2 Å². The molecule has 0 aliphatic heterocycles. The number of nitrogens with zero attached hydrogens (tertiary/aromatic N) is 3. The molecule has 2 amide bonds. The van der Waals surface area contributed by atoms with Crippen LogP contribution in [0.15, 0.2) is 57.9 Å². The van der Waals surface area contributed by atoms with E-state index >= 15 is 0 Å². The highest BCUT2D eigenvalue weighted by Crippen LogP contribution is 2.28. The van der Waals surface area contributed by atoms with Crippen molar-refractivity contribution in [1.29, 1.82) is 0 Å². The zero-order chi connectivity index (χ0) is 26.9. The summed E-state index contributed by atoms with van der Waals surface area (Å²) in [7, 11) is 3.14. The summed E-state index contributed by atoms with van der Waals surface area (Å²) < 4.78 is 16.1. The quantitative estimate of drug-likeness (QED) is 0.183. The molecule has 0 aliphatic rings. The van der Waals surface area contributed by atoms with Gasteiger partial charge in [0.15, 0.2) is 17.3 Å². The number of hydroxylamine groups is 1. The van der Waals surface area contributed by atoms with Crippen LogP contribution in [-0.2, 0) is 24.1 Å². The third kappa shape index (κ3) is 6.93. The summed E-state index contributed by atoms with van der Waals surface area (Å²) >= 11 is 1.46. The Hall–Kier alpha value is -4.29. The van der Waals surface area contributed by atoms with Crippen molar-refractivity contribution in [2.24, 2.45) is 0 Å². The molecule has 11 nitrogen and oxygen atoms in total. The average Bonchev–Trinajstić information content (AvgIpc) is 3.63. The molecule has 0 spiro atoms. The number of nitrogens with one attached hydrogen (secondary N) is 2. The number of aromatic nitrogens is 3. The smallest absolute Gasteiger partial charge is 0.274 e. The normalized spacial score (nSPS) is 11.6. The lowest BCUT2D eigenvalue weighted by molar-refractivity contribution is -0.122. The van der Waals surface area contributed by atoms with Gasteiger partial charge in [-0.1, -0.05) is 23.4 Å². The third-order valence-electron chi connectivity index (χ3n) is 5.78. The number of rotatable bonds is 12. The Labute approximate surface area is 222 Å². The van der Waals surface area contributed by atoms with Crippen molar-refractivity contribution in [3.63, 3.8) is 0 Å². The molecule has 2 aromatic heterocycles. The molecule has 1 atom stereocenters. The molecule has 2 aromatic carbocycles. The Bertz CT molecular complexity index is 1360. The van der Waals surface area contributed by atoms with Crippen LogP contribution >= 0.6 is 11.3 Å². The molecule has 4 rings (SSSR count). The number of methoxy groups -OCH3 is 2. The second-order valence-corrected chi connectivity index (χ2v) is 9.08. The van der Waals surface area contributed by atoms with Gasteiger partial charge in [0.1, 0.15) is 6.04 Å². The van der Waals surface area contributed by atoms with Gasteiger partial charge in [-0.3, -0.25) is 14.8 Å². The van der Waals surface area contributed by atoms with E-state index in [-0.39, 0.29) is 18.2 Å². The van der Waals surface area contributed by atoms with E-state index in [1.54, 1.807) is 49.5 Å². The van der Waals surface area contributed by atoms with Gasteiger partial charge in [-0.05, 0) is 41.8 Å². The molecule has 0 saturated carbocycles. The molecule has 1 unspecified atom stereocenters. The van der Waals surface area contributed by atoms with E-state index in [1.807, 2.05) is 23.6 Å². The van der Waals surface area contributed by atoms with Gasteiger partial charge in [0, 0.05) is 30.2 Å². The summed E-state index contributed by atoms with van der Waals surface area (Å²) in [5, 5.41) is 17.7. The maximum absolute atomic E-state index is 12.9. The third-order valence-corrected chi connectivity index (χ3v) is 6.42. The molecule has 198 valence electrons. The van der Waals surface area contributed by atoms with E-state index in [4.69, 9.17) is 19.2 Å². The Morgan fingerprint density at radius 2 is 1.84 bits per heavy atom. The predicted molar refractivity (Wildman–Crippen MR) is 137 cm³/mol.